The van der Waals surface area contributed by atoms with Crippen LogP contribution >= 0.6 is 0 Å². The second-order valence-corrected chi connectivity index (χ2v) is 17.8. The van der Waals surface area contributed by atoms with Crippen molar-refractivity contribution in [3.63, 3.8) is 0 Å². The number of allylic oxidation sites excluding steroid dienone is 4. The van der Waals surface area contributed by atoms with Gasteiger partial charge in [0.05, 0.1) is 6.61 Å². The highest BCUT2D eigenvalue weighted by atomic mass is 16.5. The lowest BCUT2D eigenvalue weighted by molar-refractivity contribution is -0.145. The molecule has 270 valence electrons. The zero-order valence-corrected chi connectivity index (χ0v) is 32.1. The van der Waals surface area contributed by atoms with E-state index in [-0.39, 0.29) is 5.97 Å². The first-order chi connectivity index (χ1) is 22.8. The van der Waals surface area contributed by atoms with Crippen LogP contribution < -0.4 is 0 Å². The molecule has 4 saturated carbocycles. The SMILES string of the molecule is CCCCC/C=C\C/C=C\CCCCCCCC(=O)OCC(C)CCC[C@@H](C)[C@H]1CC[C@H]2[C@@H]3CCC4CCCC[C@]4(C)[C@H]3CC[C@]12C. The van der Waals surface area contributed by atoms with Gasteiger partial charge in [-0.15, -0.1) is 0 Å². The van der Waals surface area contributed by atoms with Gasteiger partial charge in [0.2, 0.25) is 0 Å². The van der Waals surface area contributed by atoms with Gasteiger partial charge in [0.1, 0.15) is 0 Å². The van der Waals surface area contributed by atoms with Crippen molar-refractivity contribution < 1.29 is 9.53 Å². The van der Waals surface area contributed by atoms with Crippen molar-refractivity contribution in [1.29, 1.82) is 0 Å². The van der Waals surface area contributed by atoms with Gasteiger partial charge in [-0.3, -0.25) is 4.79 Å². The number of esters is 1. The lowest BCUT2D eigenvalue weighted by Gasteiger charge is -2.61. The first-order valence-electron chi connectivity index (χ1n) is 21.2. The average Bonchev–Trinajstić information content (AvgIpc) is 3.42. The maximum Gasteiger partial charge on any atom is 0.305 e. The van der Waals surface area contributed by atoms with Gasteiger partial charge in [-0.05, 0) is 149 Å². The molecule has 0 aliphatic heterocycles. The van der Waals surface area contributed by atoms with Crippen LogP contribution in [0.15, 0.2) is 24.3 Å². The lowest BCUT2D eigenvalue weighted by atomic mass is 9.44. The number of unbranched alkanes of at least 4 members (excludes halogenated alkanes) is 8. The Morgan fingerprint density at radius 2 is 1.45 bits per heavy atom. The number of carbonyl (C=O) groups excluding carboxylic acids is 1. The van der Waals surface area contributed by atoms with E-state index < -0.39 is 0 Å². The molecule has 2 unspecified atom stereocenters. The predicted molar refractivity (Wildman–Crippen MR) is 202 cm³/mol. The summed E-state index contributed by atoms with van der Waals surface area (Å²) in [4.78, 5) is 12.4. The van der Waals surface area contributed by atoms with Gasteiger partial charge in [-0.25, -0.2) is 0 Å². The van der Waals surface area contributed by atoms with Crippen molar-refractivity contribution in [2.24, 2.45) is 52.3 Å². The third-order valence-electron chi connectivity index (χ3n) is 14.6. The van der Waals surface area contributed by atoms with E-state index in [4.69, 9.17) is 4.74 Å². The van der Waals surface area contributed by atoms with Gasteiger partial charge in [-0.2, -0.15) is 0 Å². The Balaban J connectivity index is 1.02. The van der Waals surface area contributed by atoms with Crippen LogP contribution in [0.4, 0.5) is 0 Å². The van der Waals surface area contributed by atoms with Crippen LogP contribution in [0.5, 0.6) is 0 Å². The normalized spacial score (nSPS) is 33.4. The minimum Gasteiger partial charge on any atom is -0.465 e. The van der Waals surface area contributed by atoms with Crippen molar-refractivity contribution in [2.45, 2.75) is 195 Å². The van der Waals surface area contributed by atoms with E-state index in [1.807, 2.05) is 0 Å². The average molecular weight is 651 g/mol. The van der Waals surface area contributed by atoms with Crippen LogP contribution in [0.2, 0.25) is 0 Å². The molecule has 0 aromatic heterocycles. The third-order valence-corrected chi connectivity index (χ3v) is 14.6. The van der Waals surface area contributed by atoms with Crippen molar-refractivity contribution >= 4 is 5.97 Å². The molecular formula is C45H78O2. The third kappa shape index (κ3) is 11.0. The summed E-state index contributed by atoms with van der Waals surface area (Å²) in [6.45, 7) is 13.2. The minimum absolute atomic E-state index is 0.0209. The molecule has 47 heavy (non-hydrogen) atoms. The summed E-state index contributed by atoms with van der Waals surface area (Å²) in [6, 6.07) is 0. The summed E-state index contributed by atoms with van der Waals surface area (Å²) in [7, 11) is 0. The molecule has 0 aromatic rings. The van der Waals surface area contributed by atoms with E-state index in [9.17, 15) is 4.79 Å². The molecule has 4 rings (SSSR count). The van der Waals surface area contributed by atoms with Crippen molar-refractivity contribution in [1.82, 2.24) is 0 Å². The maximum atomic E-state index is 12.4. The van der Waals surface area contributed by atoms with Crippen LogP contribution in [0, 0.1) is 52.3 Å². The number of ether oxygens (including phenoxy) is 1. The summed E-state index contributed by atoms with van der Waals surface area (Å²) < 4.78 is 5.71. The Labute approximate surface area is 293 Å². The van der Waals surface area contributed by atoms with Crippen molar-refractivity contribution in [3.05, 3.63) is 24.3 Å². The molecule has 4 aliphatic rings. The molecule has 0 heterocycles. The van der Waals surface area contributed by atoms with Crippen LogP contribution in [-0.2, 0) is 9.53 Å². The van der Waals surface area contributed by atoms with Crippen LogP contribution in [0.1, 0.15) is 195 Å². The summed E-state index contributed by atoms with van der Waals surface area (Å²) in [5.41, 5.74) is 1.25. The van der Waals surface area contributed by atoms with Crippen LogP contribution in [-0.4, -0.2) is 12.6 Å². The minimum atomic E-state index is 0.0209. The van der Waals surface area contributed by atoms with E-state index >= 15 is 0 Å². The molecule has 0 saturated heterocycles. The molecule has 2 heteroatoms. The second kappa shape index (κ2) is 20.0. The zero-order valence-electron chi connectivity index (χ0n) is 32.1. The van der Waals surface area contributed by atoms with E-state index in [0.717, 1.165) is 54.8 Å². The molecule has 4 aliphatic carbocycles. The summed E-state index contributed by atoms with van der Waals surface area (Å²) >= 11 is 0. The highest BCUT2D eigenvalue weighted by Gasteiger charge is 2.60. The molecule has 0 amide bonds. The fourth-order valence-electron chi connectivity index (χ4n) is 11.7. The molecule has 2 nitrogen and oxygen atoms in total. The number of carbonyl (C=O) groups is 1. The standard InChI is InChI=1S/C45H78O2/c1-6-7-8-9-10-11-12-13-14-15-16-17-18-19-20-27-43(46)47-35-36(2)24-23-25-37(3)40-30-31-41-39-29-28-38-26-21-22-33-44(38,4)42(39)32-34-45(40,41)5/h10-11,13-14,36-42H,6-9,12,15-35H2,1-5H3/b11-10-,14-13-/t36?,37-,38?,39+,40-,41+,42+,44+,45-/m1/s1. The topological polar surface area (TPSA) is 26.3 Å². The van der Waals surface area contributed by atoms with E-state index in [1.54, 1.807) is 0 Å². The Morgan fingerprint density at radius 3 is 2.23 bits per heavy atom. The largest absolute Gasteiger partial charge is 0.465 e. The summed E-state index contributed by atoms with van der Waals surface area (Å²) in [5, 5.41) is 0. The number of fused-ring (bicyclic) bond motifs is 5. The molecule has 0 aromatic carbocycles. The van der Waals surface area contributed by atoms with E-state index in [0.29, 0.717) is 29.8 Å². The van der Waals surface area contributed by atoms with Gasteiger partial charge in [0.25, 0.3) is 0 Å². The summed E-state index contributed by atoms with van der Waals surface area (Å²) in [5.74, 6) is 6.31. The molecule has 4 fully saturated rings. The van der Waals surface area contributed by atoms with Gasteiger partial charge in [-0.1, -0.05) is 117 Å². The Hall–Kier alpha value is -1.05. The fraction of sp³-hybridized carbons (Fsp3) is 0.889. The zero-order chi connectivity index (χ0) is 33.5. The van der Waals surface area contributed by atoms with Gasteiger partial charge in [0.15, 0.2) is 0 Å². The molecule has 0 N–H and O–H groups in total. The van der Waals surface area contributed by atoms with Crippen molar-refractivity contribution in [3.8, 4) is 0 Å². The van der Waals surface area contributed by atoms with Gasteiger partial charge >= 0.3 is 5.97 Å². The van der Waals surface area contributed by atoms with Gasteiger partial charge in [0, 0.05) is 6.42 Å². The Morgan fingerprint density at radius 1 is 0.723 bits per heavy atom. The first-order valence-corrected chi connectivity index (χ1v) is 21.2. The van der Waals surface area contributed by atoms with Crippen molar-refractivity contribution in [2.75, 3.05) is 6.61 Å². The number of hydrogen-bond acceptors (Lipinski definition) is 2. The predicted octanol–water partition coefficient (Wildman–Crippen LogP) is 13.8. The van der Waals surface area contributed by atoms with E-state index in [2.05, 4.69) is 58.9 Å². The Bertz CT molecular complexity index is 950. The molecule has 9 atom stereocenters. The maximum absolute atomic E-state index is 12.4. The monoisotopic (exact) mass is 651 g/mol. The fourth-order valence-corrected chi connectivity index (χ4v) is 11.7. The Kier molecular flexibility index (Phi) is 16.5. The van der Waals surface area contributed by atoms with Crippen LogP contribution in [0.25, 0.3) is 0 Å². The van der Waals surface area contributed by atoms with E-state index in [1.165, 1.54) is 135 Å². The smallest absolute Gasteiger partial charge is 0.305 e. The first kappa shape index (κ1) is 38.7. The number of rotatable bonds is 21. The highest BCUT2D eigenvalue weighted by molar-refractivity contribution is 5.69. The second-order valence-electron chi connectivity index (χ2n) is 17.8. The molecular weight excluding hydrogens is 572 g/mol. The highest BCUT2D eigenvalue weighted by Crippen LogP contribution is 2.68. The van der Waals surface area contributed by atoms with Gasteiger partial charge < -0.3 is 4.74 Å². The summed E-state index contributed by atoms with van der Waals surface area (Å²) in [6.07, 6.45) is 42.2. The number of hydrogen-bond donors (Lipinski definition) is 0. The lowest BCUT2D eigenvalue weighted by Crippen LogP contribution is -2.53. The van der Waals surface area contributed by atoms with Crippen LogP contribution in [0.3, 0.4) is 0 Å². The quantitative estimate of drug-likeness (QED) is 0.0702. The molecule has 0 bridgehead atoms. The molecule has 0 spiro atoms. The molecule has 0 radical (unpaired) electrons.